The molecule has 0 heterocycles. The van der Waals surface area contributed by atoms with E-state index in [1.807, 2.05) is 0 Å². The molecule has 0 saturated carbocycles. The van der Waals surface area contributed by atoms with E-state index in [-0.39, 0.29) is 22.3 Å². The Bertz CT molecular complexity index is 951. The van der Waals surface area contributed by atoms with E-state index in [2.05, 4.69) is 14.8 Å². The molecule has 0 fully saturated rings. The molecule has 1 amide bonds. The van der Waals surface area contributed by atoms with Crippen LogP contribution in [0.4, 0.5) is 11.4 Å². The summed E-state index contributed by atoms with van der Waals surface area (Å²) in [5.74, 6) is -0.900. The Morgan fingerprint density at radius 2 is 1.59 bits per heavy atom. The Morgan fingerprint density at radius 3 is 2.15 bits per heavy atom. The second kappa shape index (κ2) is 8.22. The number of rotatable bonds is 6. The molecule has 8 heteroatoms. The number of aryl methyl sites for hydroxylation is 1. The zero-order valence-electron chi connectivity index (χ0n) is 15.6. The Balaban J connectivity index is 2.24. The molecule has 0 aliphatic rings. The van der Waals surface area contributed by atoms with Crippen LogP contribution >= 0.6 is 0 Å². The largest absolute Gasteiger partial charge is 0.465 e. The van der Waals surface area contributed by atoms with E-state index in [0.717, 1.165) is 0 Å². The van der Waals surface area contributed by atoms with Gasteiger partial charge in [-0.1, -0.05) is 19.9 Å². The molecule has 0 bridgehead atoms. The molecule has 2 aromatic rings. The van der Waals surface area contributed by atoms with Crippen molar-refractivity contribution in [3.05, 3.63) is 53.6 Å². The van der Waals surface area contributed by atoms with Gasteiger partial charge < -0.3 is 10.1 Å². The van der Waals surface area contributed by atoms with E-state index < -0.39 is 16.0 Å². The fraction of sp³-hybridized carbons (Fsp3) is 0.263. The highest BCUT2D eigenvalue weighted by atomic mass is 32.2. The van der Waals surface area contributed by atoms with Crippen LogP contribution in [0.25, 0.3) is 0 Å². The summed E-state index contributed by atoms with van der Waals surface area (Å²) in [5, 5.41) is 2.73. The van der Waals surface area contributed by atoms with Gasteiger partial charge >= 0.3 is 5.97 Å². The molecule has 2 aromatic carbocycles. The molecule has 0 aromatic heterocycles. The van der Waals surface area contributed by atoms with Crippen LogP contribution in [0.2, 0.25) is 0 Å². The Morgan fingerprint density at radius 1 is 1.00 bits per heavy atom. The van der Waals surface area contributed by atoms with E-state index in [1.54, 1.807) is 51.1 Å². The highest BCUT2D eigenvalue weighted by molar-refractivity contribution is 7.92. The highest BCUT2D eigenvalue weighted by Crippen LogP contribution is 2.22. The van der Waals surface area contributed by atoms with Gasteiger partial charge in [-0.2, -0.15) is 0 Å². The quantitative estimate of drug-likeness (QED) is 0.738. The summed E-state index contributed by atoms with van der Waals surface area (Å²) in [6.45, 7) is 5.20. The van der Waals surface area contributed by atoms with Crippen molar-refractivity contribution in [1.82, 2.24) is 0 Å². The van der Waals surface area contributed by atoms with Crippen molar-refractivity contribution >= 4 is 33.3 Å². The molecule has 144 valence electrons. The van der Waals surface area contributed by atoms with Crippen LogP contribution in [0.1, 0.15) is 29.8 Å². The number of ether oxygens (including phenoxy) is 1. The molecule has 0 radical (unpaired) electrons. The second-order valence-corrected chi connectivity index (χ2v) is 7.95. The van der Waals surface area contributed by atoms with Crippen LogP contribution < -0.4 is 10.0 Å². The van der Waals surface area contributed by atoms with Crippen molar-refractivity contribution in [3.8, 4) is 0 Å². The molecule has 0 aliphatic heterocycles. The van der Waals surface area contributed by atoms with Gasteiger partial charge in [0, 0.05) is 17.3 Å². The van der Waals surface area contributed by atoms with Crippen LogP contribution in [-0.4, -0.2) is 27.4 Å². The molecular weight excluding hydrogens is 368 g/mol. The number of methoxy groups -OCH3 is 1. The number of nitrogens with one attached hydrogen (secondary N) is 2. The van der Waals surface area contributed by atoms with Gasteiger partial charge in [-0.05, 0) is 48.9 Å². The third-order valence-electron chi connectivity index (χ3n) is 3.83. The molecule has 0 atom stereocenters. The van der Waals surface area contributed by atoms with Gasteiger partial charge in [0.15, 0.2) is 0 Å². The number of sulfonamides is 1. The topological polar surface area (TPSA) is 102 Å². The normalized spacial score (nSPS) is 11.1. The van der Waals surface area contributed by atoms with E-state index >= 15 is 0 Å². The van der Waals surface area contributed by atoms with Crippen molar-refractivity contribution in [2.75, 3.05) is 17.1 Å². The first kappa shape index (κ1) is 20.4. The van der Waals surface area contributed by atoms with Crippen LogP contribution in [-0.2, 0) is 19.6 Å². The lowest BCUT2D eigenvalue weighted by Crippen LogP contribution is -2.18. The molecular formula is C19H22N2O5S. The summed E-state index contributed by atoms with van der Waals surface area (Å²) in [6.07, 6.45) is 0. The minimum absolute atomic E-state index is 0.0115. The van der Waals surface area contributed by atoms with Crippen molar-refractivity contribution in [1.29, 1.82) is 0 Å². The predicted molar refractivity (Wildman–Crippen MR) is 103 cm³/mol. The molecule has 0 unspecified atom stereocenters. The Hall–Kier alpha value is -2.87. The third kappa shape index (κ3) is 5.07. The van der Waals surface area contributed by atoms with Gasteiger partial charge in [0.2, 0.25) is 5.91 Å². The van der Waals surface area contributed by atoms with Gasteiger partial charge in [-0.25, -0.2) is 13.2 Å². The van der Waals surface area contributed by atoms with E-state index in [4.69, 9.17) is 0 Å². The summed E-state index contributed by atoms with van der Waals surface area (Å²) in [6, 6.07) is 10.6. The van der Waals surface area contributed by atoms with E-state index in [9.17, 15) is 18.0 Å². The molecule has 0 aliphatic carbocycles. The van der Waals surface area contributed by atoms with Crippen molar-refractivity contribution in [2.45, 2.75) is 25.7 Å². The molecule has 2 N–H and O–H groups in total. The van der Waals surface area contributed by atoms with Crippen LogP contribution in [0.15, 0.2) is 47.4 Å². The fourth-order valence-electron chi connectivity index (χ4n) is 2.25. The van der Waals surface area contributed by atoms with Gasteiger partial charge in [0.25, 0.3) is 10.0 Å². The average Bonchev–Trinajstić information content (AvgIpc) is 2.62. The van der Waals surface area contributed by atoms with Gasteiger partial charge in [-0.15, -0.1) is 0 Å². The zero-order valence-corrected chi connectivity index (χ0v) is 16.4. The van der Waals surface area contributed by atoms with Crippen LogP contribution in [0.3, 0.4) is 0 Å². The summed E-state index contributed by atoms with van der Waals surface area (Å²) < 4.78 is 32.5. The van der Waals surface area contributed by atoms with E-state index in [1.165, 1.54) is 19.2 Å². The van der Waals surface area contributed by atoms with Crippen molar-refractivity contribution < 1.29 is 22.7 Å². The number of amides is 1. The number of hydrogen-bond acceptors (Lipinski definition) is 5. The molecule has 2 rings (SSSR count). The zero-order chi connectivity index (χ0) is 20.2. The Labute approximate surface area is 158 Å². The minimum atomic E-state index is -3.90. The number of carbonyl (C=O) groups excluding carboxylic acids is 2. The standard InChI is InChI=1S/C19H22N2O5S/c1-12(2)18(22)20-15-7-9-16(10-8-15)21-27(24,25)17-11-14(19(23)26-4)6-5-13(17)3/h5-12,21H,1-4H3,(H,20,22). The first-order valence-electron chi connectivity index (χ1n) is 8.26. The number of carbonyl (C=O) groups is 2. The average molecular weight is 390 g/mol. The lowest BCUT2D eigenvalue weighted by Gasteiger charge is -2.12. The SMILES string of the molecule is COC(=O)c1ccc(C)c(S(=O)(=O)Nc2ccc(NC(=O)C(C)C)cc2)c1. The summed E-state index contributed by atoms with van der Waals surface area (Å²) in [4.78, 5) is 23.4. The summed E-state index contributed by atoms with van der Waals surface area (Å²) >= 11 is 0. The minimum Gasteiger partial charge on any atom is -0.465 e. The maximum absolute atomic E-state index is 12.7. The molecule has 0 spiro atoms. The van der Waals surface area contributed by atoms with Gasteiger partial charge in [0.05, 0.1) is 17.6 Å². The second-order valence-electron chi connectivity index (χ2n) is 6.30. The molecule has 7 nitrogen and oxygen atoms in total. The smallest absolute Gasteiger partial charge is 0.337 e. The number of hydrogen-bond donors (Lipinski definition) is 2. The fourth-order valence-corrected chi connectivity index (χ4v) is 3.58. The Kier molecular flexibility index (Phi) is 6.22. The number of anilines is 2. The van der Waals surface area contributed by atoms with Crippen molar-refractivity contribution in [2.24, 2.45) is 5.92 Å². The third-order valence-corrected chi connectivity index (χ3v) is 5.35. The van der Waals surface area contributed by atoms with Gasteiger partial charge in [-0.3, -0.25) is 9.52 Å². The van der Waals surface area contributed by atoms with Gasteiger partial charge in [0.1, 0.15) is 0 Å². The lowest BCUT2D eigenvalue weighted by atomic mass is 10.1. The molecule has 27 heavy (non-hydrogen) atoms. The first-order valence-corrected chi connectivity index (χ1v) is 9.75. The monoisotopic (exact) mass is 390 g/mol. The lowest BCUT2D eigenvalue weighted by molar-refractivity contribution is -0.118. The van der Waals surface area contributed by atoms with Crippen LogP contribution in [0, 0.1) is 12.8 Å². The maximum Gasteiger partial charge on any atom is 0.337 e. The van der Waals surface area contributed by atoms with Crippen LogP contribution in [0.5, 0.6) is 0 Å². The van der Waals surface area contributed by atoms with E-state index in [0.29, 0.717) is 16.9 Å². The van der Waals surface area contributed by atoms with Crippen molar-refractivity contribution in [3.63, 3.8) is 0 Å². The number of esters is 1. The summed E-state index contributed by atoms with van der Waals surface area (Å²) in [5.41, 5.74) is 1.55. The molecule has 0 saturated heterocycles. The summed E-state index contributed by atoms with van der Waals surface area (Å²) in [7, 11) is -2.67. The first-order chi connectivity index (χ1) is 12.6. The predicted octanol–water partition coefficient (Wildman–Crippen LogP) is 3.18. The maximum atomic E-state index is 12.7. The highest BCUT2D eigenvalue weighted by Gasteiger charge is 2.19. The number of benzene rings is 2.